The molecule has 0 spiro atoms. The molecule has 6 nitrogen and oxygen atoms in total. The molecule has 0 aliphatic heterocycles. The van der Waals surface area contributed by atoms with E-state index in [1.165, 1.54) is 18.2 Å². The molecule has 0 radical (unpaired) electrons. The lowest BCUT2D eigenvalue weighted by Gasteiger charge is -2.07. The summed E-state index contributed by atoms with van der Waals surface area (Å²) in [7, 11) is 0. The Kier molecular flexibility index (Phi) is 6.44. The van der Waals surface area contributed by atoms with Crippen molar-refractivity contribution < 1.29 is 14.5 Å². The van der Waals surface area contributed by atoms with Crippen molar-refractivity contribution in [3.05, 3.63) is 38.3 Å². The predicted octanol–water partition coefficient (Wildman–Crippen LogP) is 2.51. The first-order valence-corrected chi connectivity index (χ1v) is 6.66. The molecule has 1 aromatic rings. The smallest absolute Gasteiger partial charge is 0.284 e. The molecule has 0 aromatic heterocycles. The minimum atomic E-state index is -0.532. The standard InChI is InChI=1S/C12H15BrN2O4/c1-2-19-8-4-7-14-12(16)9-5-3-6-10(11(9)13)15(17)18/h3,5-6H,2,4,7-8H2,1H3,(H,14,16). The van der Waals surface area contributed by atoms with Gasteiger partial charge in [0.05, 0.1) is 10.5 Å². The van der Waals surface area contributed by atoms with E-state index in [4.69, 9.17) is 4.74 Å². The fourth-order valence-electron chi connectivity index (χ4n) is 1.45. The number of nitrogens with one attached hydrogen (secondary N) is 1. The van der Waals surface area contributed by atoms with E-state index in [9.17, 15) is 14.9 Å². The Morgan fingerprint density at radius 3 is 2.89 bits per heavy atom. The molecule has 7 heteroatoms. The molecule has 19 heavy (non-hydrogen) atoms. The minimum Gasteiger partial charge on any atom is -0.382 e. The van der Waals surface area contributed by atoms with Gasteiger partial charge in [-0.25, -0.2) is 0 Å². The van der Waals surface area contributed by atoms with Gasteiger partial charge in [-0.3, -0.25) is 14.9 Å². The molecule has 1 amide bonds. The van der Waals surface area contributed by atoms with Gasteiger partial charge in [0.15, 0.2) is 0 Å². The van der Waals surface area contributed by atoms with Gasteiger partial charge in [0.25, 0.3) is 11.6 Å². The quantitative estimate of drug-likeness (QED) is 0.473. The Morgan fingerprint density at radius 2 is 2.26 bits per heavy atom. The van der Waals surface area contributed by atoms with E-state index in [0.29, 0.717) is 26.2 Å². The predicted molar refractivity (Wildman–Crippen MR) is 74.2 cm³/mol. The van der Waals surface area contributed by atoms with Crippen molar-refractivity contribution >= 4 is 27.5 Å². The van der Waals surface area contributed by atoms with Crippen LogP contribution in [0.3, 0.4) is 0 Å². The second-order valence-electron chi connectivity index (χ2n) is 3.70. The largest absolute Gasteiger partial charge is 0.382 e. The van der Waals surface area contributed by atoms with Crippen molar-refractivity contribution in [2.45, 2.75) is 13.3 Å². The number of amides is 1. The number of hydrogen-bond donors (Lipinski definition) is 1. The number of benzene rings is 1. The van der Waals surface area contributed by atoms with Crippen LogP contribution in [0.4, 0.5) is 5.69 Å². The van der Waals surface area contributed by atoms with Gasteiger partial charge in [-0.1, -0.05) is 6.07 Å². The molecule has 0 bridgehead atoms. The third kappa shape index (κ3) is 4.60. The fraction of sp³-hybridized carbons (Fsp3) is 0.417. The number of carbonyl (C=O) groups excluding carboxylic acids is 1. The Bertz CT molecular complexity index is 465. The van der Waals surface area contributed by atoms with Crippen molar-refractivity contribution in [2.24, 2.45) is 0 Å². The fourth-order valence-corrected chi connectivity index (χ4v) is 2.04. The summed E-state index contributed by atoms with van der Waals surface area (Å²) in [6.45, 7) is 3.59. The summed E-state index contributed by atoms with van der Waals surface area (Å²) in [6, 6.07) is 4.36. The number of nitrogens with zero attached hydrogens (tertiary/aromatic N) is 1. The number of nitro groups is 1. The molecular weight excluding hydrogens is 316 g/mol. The van der Waals surface area contributed by atoms with E-state index < -0.39 is 4.92 Å². The lowest BCUT2D eigenvalue weighted by Crippen LogP contribution is -2.25. The highest BCUT2D eigenvalue weighted by atomic mass is 79.9. The molecule has 1 N–H and O–H groups in total. The zero-order valence-electron chi connectivity index (χ0n) is 10.5. The monoisotopic (exact) mass is 330 g/mol. The normalized spacial score (nSPS) is 10.2. The van der Waals surface area contributed by atoms with Crippen LogP contribution in [0.15, 0.2) is 22.7 Å². The van der Waals surface area contributed by atoms with E-state index in [2.05, 4.69) is 21.2 Å². The van der Waals surface area contributed by atoms with Gasteiger partial charge in [-0.15, -0.1) is 0 Å². The van der Waals surface area contributed by atoms with Gasteiger partial charge < -0.3 is 10.1 Å². The van der Waals surface area contributed by atoms with Crippen molar-refractivity contribution in [2.75, 3.05) is 19.8 Å². The van der Waals surface area contributed by atoms with E-state index in [1.807, 2.05) is 6.92 Å². The van der Waals surface area contributed by atoms with Gasteiger partial charge >= 0.3 is 0 Å². The molecule has 1 aromatic carbocycles. The molecule has 104 valence electrons. The maximum absolute atomic E-state index is 11.9. The molecule has 1 rings (SSSR count). The Labute approximate surface area is 119 Å². The van der Waals surface area contributed by atoms with Crippen LogP contribution < -0.4 is 5.32 Å². The lowest BCUT2D eigenvalue weighted by molar-refractivity contribution is -0.385. The summed E-state index contributed by atoms with van der Waals surface area (Å²) < 4.78 is 5.34. The highest BCUT2D eigenvalue weighted by molar-refractivity contribution is 9.10. The first kappa shape index (κ1) is 15.6. The summed E-state index contributed by atoms with van der Waals surface area (Å²) >= 11 is 3.09. The second-order valence-corrected chi connectivity index (χ2v) is 4.50. The van der Waals surface area contributed by atoms with Crippen LogP contribution in [0.5, 0.6) is 0 Å². The van der Waals surface area contributed by atoms with Crippen molar-refractivity contribution in [1.29, 1.82) is 0 Å². The molecule has 0 aliphatic carbocycles. The van der Waals surface area contributed by atoms with Gasteiger partial charge in [0.2, 0.25) is 0 Å². The summed E-state index contributed by atoms with van der Waals surface area (Å²) in [4.78, 5) is 22.1. The third-order valence-corrected chi connectivity index (χ3v) is 3.21. The molecule has 0 heterocycles. The molecule has 0 atom stereocenters. The number of rotatable bonds is 7. The van der Waals surface area contributed by atoms with Crippen LogP contribution in [0, 0.1) is 10.1 Å². The molecule has 0 unspecified atom stereocenters. The van der Waals surface area contributed by atoms with E-state index in [0.717, 1.165) is 0 Å². The van der Waals surface area contributed by atoms with Crippen molar-refractivity contribution in [1.82, 2.24) is 5.32 Å². The third-order valence-electron chi connectivity index (χ3n) is 2.37. The summed E-state index contributed by atoms with van der Waals surface area (Å²) in [5, 5.41) is 13.4. The second kappa shape index (κ2) is 7.85. The number of carbonyl (C=O) groups is 1. The summed E-state index contributed by atoms with van der Waals surface area (Å²) in [5.41, 5.74) is 0.132. The van der Waals surface area contributed by atoms with Gasteiger partial charge in [-0.05, 0) is 35.3 Å². The maximum atomic E-state index is 11.9. The Hall–Kier alpha value is -1.47. The zero-order chi connectivity index (χ0) is 14.3. The highest BCUT2D eigenvalue weighted by Gasteiger charge is 2.18. The van der Waals surface area contributed by atoms with Crippen LogP contribution >= 0.6 is 15.9 Å². The lowest BCUT2D eigenvalue weighted by atomic mass is 10.2. The van der Waals surface area contributed by atoms with E-state index >= 15 is 0 Å². The topological polar surface area (TPSA) is 81.5 Å². The van der Waals surface area contributed by atoms with Gasteiger partial charge in [0.1, 0.15) is 4.47 Å². The van der Waals surface area contributed by atoms with Crippen molar-refractivity contribution in [3.8, 4) is 0 Å². The molecule has 0 saturated carbocycles. The van der Waals surface area contributed by atoms with E-state index in [-0.39, 0.29) is 21.6 Å². The van der Waals surface area contributed by atoms with Gasteiger partial charge in [-0.2, -0.15) is 0 Å². The maximum Gasteiger partial charge on any atom is 0.284 e. The zero-order valence-corrected chi connectivity index (χ0v) is 12.1. The highest BCUT2D eigenvalue weighted by Crippen LogP contribution is 2.28. The van der Waals surface area contributed by atoms with Crippen LogP contribution in [0.1, 0.15) is 23.7 Å². The van der Waals surface area contributed by atoms with Crippen LogP contribution in [-0.4, -0.2) is 30.6 Å². The summed E-state index contributed by atoms with van der Waals surface area (Å²) in [6.07, 6.45) is 0.701. The van der Waals surface area contributed by atoms with Crippen LogP contribution in [0.25, 0.3) is 0 Å². The molecule has 0 saturated heterocycles. The number of hydrogen-bond acceptors (Lipinski definition) is 4. The Morgan fingerprint density at radius 1 is 1.53 bits per heavy atom. The summed E-state index contributed by atoms with van der Waals surface area (Å²) in [5.74, 6) is -0.341. The van der Waals surface area contributed by atoms with Crippen LogP contribution in [0.2, 0.25) is 0 Å². The molecular formula is C12H15BrN2O4. The number of ether oxygens (including phenoxy) is 1. The average Bonchev–Trinajstić information content (AvgIpc) is 2.38. The van der Waals surface area contributed by atoms with Crippen LogP contribution in [-0.2, 0) is 4.74 Å². The van der Waals surface area contributed by atoms with E-state index in [1.54, 1.807) is 0 Å². The number of halogens is 1. The Balaban J connectivity index is 2.62. The first-order valence-electron chi connectivity index (χ1n) is 5.86. The average molecular weight is 331 g/mol. The number of nitro benzene ring substituents is 1. The minimum absolute atomic E-state index is 0.123. The first-order chi connectivity index (χ1) is 9.07. The van der Waals surface area contributed by atoms with Gasteiger partial charge in [0, 0.05) is 25.8 Å². The molecule has 0 aliphatic rings. The molecule has 0 fully saturated rings. The SMILES string of the molecule is CCOCCCNC(=O)c1cccc([N+](=O)[O-])c1Br. The van der Waals surface area contributed by atoms with Crippen molar-refractivity contribution in [3.63, 3.8) is 0 Å².